The topological polar surface area (TPSA) is 38.8 Å². The summed E-state index contributed by atoms with van der Waals surface area (Å²) in [4.78, 5) is 11.3. The van der Waals surface area contributed by atoms with Crippen molar-refractivity contribution in [1.82, 2.24) is 0 Å². The van der Waals surface area contributed by atoms with E-state index in [9.17, 15) is 4.79 Å². The van der Waals surface area contributed by atoms with Gasteiger partial charge in [-0.05, 0) is 51.9 Å². The zero-order chi connectivity index (χ0) is 16.8. The van der Waals surface area contributed by atoms with Gasteiger partial charge in [0.25, 0.3) is 0 Å². The first-order chi connectivity index (χ1) is 10.4. The first-order valence-electron chi connectivity index (χ1n) is 8.48. The van der Waals surface area contributed by atoms with E-state index in [-0.39, 0.29) is 11.6 Å². The Morgan fingerprint density at radius 1 is 1.41 bits per heavy atom. The van der Waals surface area contributed by atoms with Crippen LogP contribution >= 0.6 is 0 Å². The largest absolute Gasteiger partial charge is 0.466 e. The van der Waals surface area contributed by atoms with Crippen molar-refractivity contribution in [3.8, 4) is 0 Å². The molecule has 1 aliphatic heterocycles. The van der Waals surface area contributed by atoms with E-state index in [4.69, 9.17) is 4.74 Å². The zero-order valence-corrected chi connectivity index (χ0v) is 15.1. The normalized spacial score (nSPS) is 26.7. The number of carbonyl (C=O) groups is 1. The third kappa shape index (κ3) is 5.60. The van der Waals surface area contributed by atoms with E-state index in [0.717, 1.165) is 37.7 Å². The Morgan fingerprint density at radius 3 is 2.59 bits per heavy atom. The summed E-state index contributed by atoms with van der Waals surface area (Å²) in [5, 5.41) is 0. The molecule has 0 N–H and O–H groups in total. The average Bonchev–Trinajstić information content (AvgIpc) is 3.18. The lowest BCUT2D eigenvalue weighted by molar-refractivity contribution is -0.134. The van der Waals surface area contributed by atoms with Gasteiger partial charge in [0.15, 0.2) is 0 Å². The SMILES string of the molecule is CCC(=CCC(C)C(C)=CC(=O)OC)CCC1OC1(C)CC. The van der Waals surface area contributed by atoms with Crippen molar-refractivity contribution < 1.29 is 14.3 Å². The number of epoxide rings is 1. The van der Waals surface area contributed by atoms with Gasteiger partial charge < -0.3 is 9.47 Å². The van der Waals surface area contributed by atoms with E-state index in [1.54, 1.807) is 6.08 Å². The molecule has 0 aromatic carbocycles. The predicted molar refractivity (Wildman–Crippen MR) is 90.7 cm³/mol. The van der Waals surface area contributed by atoms with Gasteiger partial charge in [-0.3, -0.25) is 0 Å². The Bertz CT molecular complexity index is 436. The highest BCUT2D eigenvalue weighted by Gasteiger charge is 2.49. The smallest absolute Gasteiger partial charge is 0.330 e. The Kier molecular flexibility index (Phi) is 7.34. The molecule has 1 fully saturated rings. The lowest BCUT2D eigenvalue weighted by atomic mass is 9.94. The number of rotatable bonds is 9. The van der Waals surface area contributed by atoms with Crippen LogP contribution in [-0.2, 0) is 14.3 Å². The molecule has 3 unspecified atom stereocenters. The third-order valence-electron chi connectivity index (χ3n) is 5.00. The number of ether oxygens (including phenoxy) is 2. The maximum Gasteiger partial charge on any atom is 0.330 e. The van der Waals surface area contributed by atoms with Crippen LogP contribution in [0.2, 0.25) is 0 Å². The maximum atomic E-state index is 11.3. The Hall–Kier alpha value is -1.09. The van der Waals surface area contributed by atoms with Crippen LogP contribution in [0.1, 0.15) is 66.7 Å². The van der Waals surface area contributed by atoms with E-state index in [1.165, 1.54) is 12.7 Å². The summed E-state index contributed by atoms with van der Waals surface area (Å²) in [6.07, 6.45) is 9.75. The molecule has 3 heteroatoms. The first kappa shape index (κ1) is 19.0. The number of carbonyl (C=O) groups excluding carboxylic acids is 1. The lowest BCUT2D eigenvalue weighted by Gasteiger charge is -2.11. The summed E-state index contributed by atoms with van der Waals surface area (Å²) in [6.45, 7) is 10.7. The number of methoxy groups -OCH3 is 1. The fraction of sp³-hybridized carbons (Fsp3) is 0.737. The second kappa shape index (κ2) is 8.52. The summed E-state index contributed by atoms with van der Waals surface area (Å²) in [6, 6.07) is 0. The molecule has 0 amide bonds. The molecular weight excluding hydrogens is 276 g/mol. The standard InChI is InChI=1S/C19H32O3/c1-7-16(11-12-17-19(5,8-2)22-17)10-9-14(3)15(4)13-18(20)21-6/h10,13-14,17H,7-9,11-12H2,1-6H3. The molecule has 0 radical (unpaired) electrons. The summed E-state index contributed by atoms with van der Waals surface area (Å²) in [5.41, 5.74) is 2.70. The summed E-state index contributed by atoms with van der Waals surface area (Å²) in [7, 11) is 1.41. The molecule has 3 atom stereocenters. The molecule has 1 aliphatic rings. The highest BCUT2D eigenvalue weighted by Crippen LogP contribution is 2.42. The molecule has 0 saturated carbocycles. The lowest BCUT2D eigenvalue weighted by Crippen LogP contribution is -2.07. The Morgan fingerprint density at radius 2 is 2.09 bits per heavy atom. The molecule has 0 aromatic heterocycles. The number of hydrogen-bond acceptors (Lipinski definition) is 3. The summed E-state index contributed by atoms with van der Waals surface area (Å²) in [5.74, 6) is 0.0903. The van der Waals surface area contributed by atoms with E-state index in [0.29, 0.717) is 12.0 Å². The minimum Gasteiger partial charge on any atom is -0.466 e. The summed E-state index contributed by atoms with van der Waals surface area (Å²) >= 11 is 0. The van der Waals surface area contributed by atoms with Gasteiger partial charge in [-0.2, -0.15) is 0 Å². The van der Waals surface area contributed by atoms with Crippen LogP contribution in [0, 0.1) is 5.92 Å². The van der Waals surface area contributed by atoms with Crippen LogP contribution in [0.5, 0.6) is 0 Å². The maximum absolute atomic E-state index is 11.3. The molecule has 0 spiro atoms. The van der Waals surface area contributed by atoms with Crippen molar-refractivity contribution in [2.45, 2.75) is 78.4 Å². The van der Waals surface area contributed by atoms with E-state index in [2.05, 4.69) is 38.5 Å². The third-order valence-corrected chi connectivity index (χ3v) is 5.00. The van der Waals surface area contributed by atoms with Crippen LogP contribution in [0.15, 0.2) is 23.3 Å². The second-order valence-electron chi connectivity index (χ2n) is 6.58. The van der Waals surface area contributed by atoms with Crippen molar-refractivity contribution in [3.05, 3.63) is 23.3 Å². The monoisotopic (exact) mass is 308 g/mol. The quantitative estimate of drug-likeness (QED) is 0.265. The predicted octanol–water partition coefficient (Wildman–Crippen LogP) is 4.82. The first-order valence-corrected chi connectivity index (χ1v) is 8.48. The van der Waals surface area contributed by atoms with Gasteiger partial charge in [-0.25, -0.2) is 4.79 Å². The Balaban J connectivity index is 2.44. The van der Waals surface area contributed by atoms with Gasteiger partial charge in [-0.15, -0.1) is 0 Å². The molecule has 1 rings (SSSR count). The van der Waals surface area contributed by atoms with Gasteiger partial charge in [0.2, 0.25) is 0 Å². The van der Waals surface area contributed by atoms with Crippen LogP contribution in [-0.4, -0.2) is 24.8 Å². The highest BCUT2D eigenvalue weighted by molar-refractivity contribution is 5.82. The molecular formula is C19H32O3. The van der Waals surface area contributed by atoms with E-state index >= 15 is 0 Å². The molecule has 1 saturated heterocycles. The van der Waals surface area contributed by atoms with Crippen LogP contribution in [0.4, 0.5) is 0 Å². The number of hydrogen-bond donors (Lipinski definition) is 0. The molecule has 1 heterocycles. The zero-order valence-electron chi connectivity index (χ0n) is 15.1. The Labute approximate surface area is 135 Å². The molecule has 0 aliphatic carbocycles. The molecule has 3 nitrogen and oxygen atoms in total. The van der Waals surface area contributed by atoms with Crippen LogP contribution < -0.4 is 0 Å². The van der Waals surface area contributed by atoms with Crippen molar-refractivity contribution in [2.75, 3.05) is 7.11 Å². The van der Waals surface area contributed by atoms with E-state index in [1.807, 2.05) is 6.92 Å². The minimum absolute atomic E-state index is 0.131. The van der Waals surface area contributed by atoms with Crippen LogP contribution in [0.3, 0.4) is 0 Å². The highest BCUT2D eigenvalue weighted by atomic mass is 16.6. The van der Waals surface area contributed by atoms with Crippen molar-refractivity contribution >= 4 is 5.97 Å². The van der Waals surface area contributed by atoms with Crippen molar-refractivity contribution in [1.29, 1.82) is 0 Å². The van der Waals surface area contributed by atoms with Gasteiger partial charge in [0.05, 0.1) is 18.8 Å². The van der Waals surface area contributed by atoms with Gasteiger partial charge >= 0.3 is 5.97 Å². The fourth-order valence-corrected chi connectivity index (χ4v) is 2.62. The van der Waals surface area contributed by atoms with Gasteiger partial charge in [-0.1, -0.05) is 38.0 Å². The number of allylic oxidation sites excluding steroid dienone is 3. The molecule has 126 valence electrons. The second-order valence-corrected chi connectivity index (χ2v) is 6.58. The average molecular weight is 308 g/mol. The molecule has 0 bridgehead atoms. The van der Waals surface area contributed by atoms with E-state index < -0.39 is 0 Å². The molecule has 22 heavy (non-hydrogen) atoms. The number of esters is 1. The minimum atomic E-state index is -0.270. The summed E-state index contributed by atoms with van der Waals surface area (Å²) < 4.78 is 10.5. The van der Waals surface area contributed by atoms with Crippen molar-refractivity contribution in [2.24, 2.45) is 5.92 Å². The van der Waals surface area contributed by atoms with Gasteiger partial charge in [0, 0.05) is 6.08 Å². The van der Waals surface area contributed by atoms with Gasteiger partial charge in [0.1, 0.15) is 0 Å². The fourth-order valence-electron chi connectivity index (χ4n) is 2.62. The van der Waals surface area contributed by atoms with Crippen LogP contribution in [0.25, 0.3) is 0 Å². The van der Waals surface area contributed by atoms with Crippen molar-refractivity contribution in [3.63, 3.8) is 0 Å². The molecule has 0 aromatic rings.